The number of H-pyrrole nitrogens is 1. The third-order valence-corrected chi connectivity index (χ3v) is 4.54. The highest BCUT2D eigenvalue weighted by molar-refractivity contribution is 7.73. The number of carbonyl (C=O) groups is 1. The van der Waals surface area contributed by atoms with Crippen LogP contribution in [0.1, 0.15) is 29.1 Å². The third-order valence-electron chi connectivity index (χ3n) is 2.97. The van der Waals surface area contributed by atoms with Gasteiger partial charge in [-0.2, -0.15) is 0 Å². The van der Waals surface area contributed by atoms with Gasteiger partial charge in [-0.15, -0.1) is 11.3 Å². The minimum absolute atomic E-state index is 0.0224. The summed E-state index contributed by atoms with van der Waals surface area (Å²) in [5.41, 5.74) is 1.95. The van der Waals surface area contributed by atoms with E-state index in [0.717, 1.165) is 16.1 Å². The molecule has 1 aromatic carbocycles. The molecule has 1 heterocycles. The molecule has 6 heteroatoms. The quantitative estimate of drug-likeness (QED) is 0.827. The Labute approximate surface area is 132 Å². The van der Waals surface area contributed by atoms with Crippen molar-refractivity contribution in [3.05, 3.63) is 49.4 Å². The van der Waals surface area contributed by atoms with Crippen molar-refractivity contribution >= 4 is 41.1 Å². The van der Waals surface area contributed by atoms with Crippen molar-refractivity contribution in [2.75, 3.05) is 0 Å². The number of halogens is 1. The lowest BCUT2D eigenvalue weighted by molar-refractivity contribution is -0.121. The Kier molecular flexibility index (Phi) is 4.96. The van der Waals surface area contributed by atoms with Crippen LogP contribution in [0.15, 0.2) is 24.3 Å². The second kappa shape index (κ2) is 6.52. The zero-order chi connectivity index (χ0) is 14.7. The van der Waals surface area contributed by atoms with Crippen LogP contribution in [0.3, 0.4) is 0 Å². The summed E-state index contributed by atoms with van der Waals surface area (Å²) in [7, 11) is 0. The fraction of sp³-hybridized carbons (Fsp3) is 0.286. The highest BCUT2D eigenvalue weighted by Crippen LogP contribution is 2.19. The number of benzene rings is 1. The van der Waals surface area contributed by atoms with E-state index in [0.29, 0.717) is 15.4 Å². The molecule has 20 heavy (non-hydrogen) atoms. The zero-order valence-electron chi connectivity index (χ0n) is 11.2. The van der Waals surface area contributed by atoms with Crippen LogP contribution < -0.4 is 5.32 Å². The first-order chi connectivity index (χ1) is 9.45. The van der Waals surface area contributed by atoms with Crippen molar-refractivity contribution in [3.8, 4) is 0 Å². The van der Waals surface area contributed by atoms with E-state index in [-0.39, 0.29) is 11.9 Å². The number of hydrogen-bond acceptors (Lipinski definition) is 3. The molecule has 0 aliphatic rings. The Hall–Kier alpha value is -1.17. The third kappa shape index (κ3) is 3.91. The van der Waals surface area contributed by atoms with E-state index >= 15 is 0 Å². The van der Waals surface area contributed by atoms with Crippen LogP contribution >= 0.6 is 35.2 Å². The number of nitrogens with one attached hydrogen (secondary N) is 2. The van der Waals surface area contributed by atoms with E-state index in [1.54, 1.807) is 0 Å². The number of aromatic nitrogens is 1. The van der Waals surface area contributed by atoms with Crippen molar-refractivity contribution < 1.29 is 4.79 Å². The molecule has 1 atom stereocenters. The van der Waals surface area contributed by atoms with Gasteiger partial charge in [0.05, 0.1) is 12.5 Å². The van der Waals surface area contributed by atoms with Gasteiger partial charge in [0.1, 0.15) is 0 Å². The Balaban J connectivity index is 2.01. The number of amides is 1. The monoisotopic (exact) mass is 326 g/mol. The summed E-state index contributed by atoms with van der Waals surface area (Å²) in [4.78, 5) is 16.1. The Morgan fingerprint density at radius 3 is 2.90 bits per heavy atom. The SMILES string of the molecule is Cc1[nH]c(=S)sc1CC(=O)NC(C)c1cccc(Cl)c1. The van der Waals surface area contributed by atoms with Crippen molar-refractivity contribution in [3.63, 3.8) is 0 Å². The maximum absolute atomic E-state index is 12.1. The first-order valence-corrected chi connectivity index (χ1v) is 7.79. The molecule has 2 N–H and O–H groups in total. The van der Waals surface area contributed by atoms with Crippen LogP contribution in [-0.4, -0.2) is 10.9 Å². The van der Waals surface area contributed by atoms with Crippen LogP contribution in [0, 0.1) is 10.9 Å². The van der Waals surface area contributed by atoms with E-state index in [1.165, 1.54) is 11.3 Å². The van der Waals surface area contributed by atoms with E-state index in [2.05, 4.69) is 10.3 Å². The number of carbonyl (C=O) groups excluding carboxylic acids is 1. The normalized spacial score (nSPS) is 12.2. The molecule has 1 aromatic heterocycles. The van der Waals surface area contributed by atoms with Gasteiger partial charge in [0.2, 0.25) is 5.91 Å². The van der Waals surface area contributed by atoms with Crippen molar-refractivity contribution in [2.45, 2.75) is 26.3 Å². The van der Waals surface area contributed by atoms with E-state index in [1.807, 2.05) is 38.1 Å². The van der Waals surface area contributed by atoms with Gasteiger partial charge in [-0.05, 0) is 43.8 Å². The van der Waals surface area contributed by atoms with Crippen LogP contribution in [0.5, 0.6) is 0 Å². The molecule has 0 bridgehead atoms. The lowest BCUT2D eigenvalue weighted by Gasteiger charge is -2.14. The van der Waals surface area contributed by atoms with Gasteiger partial charge >= 0.3 is 0 Å². The number of rotatable bonds is 4. The Morgan fingerprint density at radius 2 is 2.30 bits per heavy atom. The maximum Gasteiger partial charge on any atom is 0.225 e. The van der Waals surface area contributed by atoms with Crippen LogP contribution in [0.25, 0.3) is 0 Å². The molecule has 0 aliphatic heterocycles. The van der Waals surface area contributed by atoms with Gasteiger partial charge in [0.25, 0.3) is 0 Å². The van der Waals surface area contributed by atoms with Gasteiger partial charge in [-0.25, -0.2) is 0 Å². The average molecular weight is 327 g/mol. The summed E-state index contributed by atoms with van der Waals surface area (Å²) >= 11 is 12.5. The zero-order valence-corrected chi connectivity index (χ0v) is 13.6. The van der Waals surface area contributed by atoms with Gasteiger partial charge in [-0.3, -0.25) is 4.79 Å². The summed E-state index contributed by atoms with van der Waals surface area (Å²) in [6, 6.07) is 7.42. The first kappa shape index (κ1) is 15.2. The maximum atomic E-state index is 12.1. The van der Waals surface area contributed by atoms with Crippen LogP contribution in [0.2, 0.25) is 5.02 Å². The van der Waals surface area contributed by atoms with Crippen molar-refractivity contribution in [2.24, 2.45) is 0 Å². The summed E-state index contributed by atoms with van der Waals surface area (Å²) in [6.45, 7) is 3.87. The van der Waals surface area contributed by atoms with Gasteiger partial charge in [0.15, 0.2) is 3.95 Å². The highest BCUT2D eigenvalue weighted by Gasteiger charge is 2.12. The summed E-state index contributed by atoms with van der Waals surface area (Å²) in [6.07, 6.45) is 0.342. The molecule has 0 fully saturated rings. The van der Waals surface area contributed by atoms with E-state index < -0.39 is 0 Å². The predicted molar refractivity (Wildman–Crippen MR) is 86.0 cm³/mol. The fourth-order valence-electron chi connectivity index (χ4n) is 1.90. The lowest BCUT2D eigenvalue weighted by atomic mass is 10.1. The molecule has 1 unspecified atom stereocenters. The molecule has 0 aliphatic carbocycles. The van der Waals surface area contributed by atoms with Gasteiger partial charge in [-0.1, -0.05) is 23.7 Å². The molecule has 0 saturated carbocycles. The second-order valence-electron chi connectivity index (χ2n) is 4.58. The molecule has 2 aromatic rings. The molecule has 3 nitrogen and oxygen atoms in total. The highest BCUT2D eigenvalue weighted by atomic mass is 35.5. The molecular formula is C14H15ClN2OS2. The lowest BCUT2D eigenvalue weighted by Crippen LogP contribution is -2.28. The smallest absolute Gasteiger partial charge is 0.225 e. The van der Waals surface area contributed by atoms with E-state index in [9.17, 15) is 4.79 Å². The second-order valence-corrected chi connectivity index (χ2v) is 6.79. The Morgan fingerprint density at radius 1 is 1.55 bits per heavy atom. The molecule has 0 radical (unpaired) electrons. The van der Waals surface area contributed by atoms with Gasteiger partial charge < -0.3 is 10.3 Å². The first-order valence-electron chi connectivity index (χ1n) is 6.19. The largest absolute Gasteiger partial charge is 0.349 e. The number of aromatic amines is 1. The Bertz CT molecular complexity index is 678. The molecule has 0 saturated heterocycles. The van der Waals surface area contributed by atoms with E-state index in [4.69, 9.17) is 23.8 Å². The summed E-state index contributed by atoms with van der Waals surface area (Å²) in [5.74, 6) is -0.0224. The molecule has 2 rings (SSSR count). The van der Waals surface area contributed by atoms with Crippen molar-refractivity contribution in [1.82, 2.24) is 10.3 Å². The average Bonchev–Trinajstić information content (AvgIpc) is 2.67. The summed E-state index contributed by atoms with van der Waals surface area (Å²) in [5, 5.41) is 3.64. The minimum atomic E-state index is -0.0755. The number of aryl methyl sites for hydroxylation is 1. The predicted octanol–water partition coefficient (Wildman–Crippen LogP) is 4.19. The number of thiazole rings is 1. The standard InChI is InChI=1S/C14H15ClN2OS2/c1-8(10-4-3-5-11(15)6-10)16-13(18)7-12-9(2)17-14(19)20-12/h3-6,8H,7H2,1-2H3,(H,16,18)(H,17,19). The molecule has 106 valence electrons. The van der Waals surface area contributed by atoms with Crippen LogP contribution in [-0.2, 0) is 11.2 Å². The minimum Gasteiger partial charge on any atom is -0.349 e. The molecular weight excluding hydrogens is 312 g/mol. The van der Waals surface area contributed by atoms with Gasteiger partial charge in [0, 0.05) is 15.6 Å². The fourth-order valence-corrected chi connectivity index (χ4v) is 3.39. The number of hydrogen-bond donors (Lipinski definition) is 2. The summed E-state index contributed by atoms with van der Waals surface area (Å²) < 4.78 is 0.702. The molecule has 0 spiro atoms. The topological polar surface area (TPSA) is 44.9 Å². The van der Waals surface area contributed by atoms with Crippen LogP contribution in [0.4, 0.5) is 0 Å². The molecule has 1 amide bonds. The van der Waals surface area contributed by atoms with Crippen molar-refractivity contribution in [1.29, 1.82) is 0 Å².